The van der Waals surface area contributed by atoms with E-state index in [1.807, 2.05) is 19.1 Å². The number of halogens is 2. The average Bonchev–Trinajstić information content (AvgIpc) is 2.48. The fourth-order valence-electron chi connectivity index (χ4n) is 2.24. The predicted molar refractivity (Wildman–Crippen MR) is 83.6 cm³/mol. The Bertz CT molecular complexity index is 645. The smallest absolute Gasteiger partial charge is 0.163 e. The fourth-order valence-corrected chi connectivity index (χ4v) is 2.68. The van der Waals surface area contributed by atoms with Crippen LogP contribution in [0.1, 0.15) is 18.5 Å². The van der Waals surface area contributed by atoms with E-state index in [0.29, 0.717) is 13.2 Å². The summed E-state index contributed by atoms with van der Waals surface area (Å²) in [5.41, 5.74) is 1.93. The number of benzene rings is 2. The van der Waals surface area contributed by atoms with Gasteiger partial charge in [0.25, 0.3) is 0 Å². The summed E-state index contributed by atoms with van der Waals surface area (Å²) in [4.78, 5) is 0. The molecule has 1 heterocycles. The molecule has 0 bridgehead atoms. The van der Waals surface area contributed by atoms with Crippen LogP contribution >= 0.6 is 15.9 Å². The molecule has 0 amide bonds. The van der Waals surface area contributed by atoms with Crippen LogP contribution in [0.5, 0.6) is 11.5 Å². The summed E-state index contributed by atoms with van der Waals surface area (Å²) in [6.07, 6.45) is 0. The van der Waals surface area contributed by atoms with Gasteiger partial charge in [-0.2, -0.15) is 0 Å². The molecule has 0 saturated heterocycles. The van der Waals surface area contributed by atoms with Crippen molar-refractivity contribution in [1.29, 1.82) is 0 Å². The first-order valence-corrected chi connectivity index (χ1v) is 7.54. The first-order valence-electron chi connectivity index (χ1n) is 6.74. The van der Waals surface area contributed by atoms with Crippen molar-refractivity contribution in [1.82, 2.24) is 0 Å². The molecule has 5 heteroatoms. The highest BCUT2D eigenvalue weighted by molar-refractivity contribution is 9.10. The minimum absolute atomic E-state index is 0.0458. The molecule has 2 aromatic carbocycles. The number of hydrogen-bond acceptors (Lipinski definition) is 3. The normalized spacial score (nSPS) is 14.6. The average molecular weight is 352 g/mol. The third-order valence-corrected chi connectivity index (χ3v) is 4.03. The third-order valence-electron chi connectivity index (χ3n) is 3.37. The van der Waals surface area contributed by atoms with E-state index in [2.05, 4.69) is 21.2 Å². The second kappa shape index (κ2) is 5.93. The lowest BCUT2D eigenvalue weighted by Crippen LogP contribution is -2.16. The second-order valence-electron chi connectivity index (χ2n) is 4.89. The number of ether oxygens (including phenoxy) is 2. The molecule has 1 aliphatic rings. The summed E-state index contributed by atoms with van der Waals surface area (Å²) < 4.78 is 25.0. The molecule has 1 unspecified atom stereocenters. The summed E-state index contributed by atoms with van der Waals surface area (Å²) >= 11 is 3.53. The zero-order valence-electron chi connectivity index (χ0n) is 11.5. The zero-order valence-corrected chi connectivity index (χ0v) is 13.1. The number of fused-ring (bicyclic) bond motifs is 1. The predicted octanol–water partition coefficient (Wildman–Crippen LogP) is 4.53. The minimum Gasteiger partial charge on any atom is -0.486 e. The van der Waals surface area contributed by atoms with E-state index < -0.39 is 0 Å². The topological polar surface area (TPSA) is 30.5 Å². The number of hydrogen-bond donors (Lipinski definition) is 1. The van der Waals surface area contributed by atoms with E-state index >= 15 is 0 Å². The van der Waals surface area contributed by atoms with Crippen LogP contribution < -0.4 is 14.8 Å². The van der Waals surface area contributed by atoms with Crippen molar-refractivity contribution >= 4 is 21.6 Å². The van der Waals surface area contributed by atoms with Gasteiger partial charge in [-0.25, -0.2) is 4.39 Å². The second-order valence-corrected chi connectivity index (χ2v) is 5.75. The van der Waals surface area contributed by atoms with Crippen LogP contribution in [0.4, 0.5) is 10.1 Å². The SMILES string of the molecule is CC(Nc1cc2c(cc1Br)OCCO2)c1ccc(F)cc1. The maximum Gasteiger partial charge on any atom is 0.163 e. The highest BCUT2D eigenvalue weighted by Gasteiger charge is 2.16. The van der Waals surface area contributed by atoms with Gasteiger partial charge in [0.2, 0.25) is 0 Å². The molecule has 3 nitrogen and oxygen atoms in total. The van der Waals surface area contributed by atoms with Crippen molar-refractivity contribution < 1.29 is 13.9 Å². The molecule has 0 aliphatic carbocycles. The molecule has 0 spiro atoms. The Balaban J connectivity index is 1.82. The molecule has 0 fully saturated rings. The Morgan fingerprint density at radius 3 is 2.38 bits per heavy atom. The molecule has 2 aromatic rings. The van der Waals surface area contributed by atoms with Crippen molar-refractivity contribution in [3.05, 3.63) is 52.3 Å². The Morgan fingerprint density at radius 1 is 1.10 bits per heavy atom. The van der Waals surface area contributed by atoms with Gasteiger partial charge in [-0.05, 0) is 40.5 Å². The third kappa shape index (κ3) is 3.13. The lowest BCUT2D eigenvalue weighted by Gasteiger charge is -2.22. The monoisotopic (exact) mass is 351 g/mol. The molecule has 21 heavy (non-hydrogen) atoms. The summed E-state index contributed by atoms with van der Waals surface area (Å²) in [6, 6.07) is 10.3. The van der Waals surface area contributed by atoms with Gasteiger partial charge >= 0.3 is 0 Å². The van der Waals surface area contributed by atoms with Gasteiger partial charge < -0.3 is 14.8 Å². The highest BCUT2D eigenvalue weighted by atomic mass is 79.9. The largest absolute Gasteiger partial charge is 0.486 e. The van der Waals surface area contributed by atoms with Crippen LogP contribution in [0.2, 0.25) is 0 Å². The molecule has 1 atom stereocenters. The van der Waals surface area contributed by atoms with Crippen molar-refractivity contribution in [2.75, 3.05) is 18.5 Å². The summed E-state index contributed by atoms with van der Waals surface area (Å²) in [6.45, 7) is 3.15. The summed E-state index contributed by atoms with van der Waals surface area (Å²) in [5, 5.41) is 3.39. The van der Waals surface area contributed by atoms with Crippen LogP contribution in [0.15, 0.2) is 40.9 Å². The van der Waals surface area contributed by atoms with Gasteiger partial charge in [0.05, 0.1) is 5.69 Å². The molecule has 1 aliphatic heterocycles. The van der Waals surface area contributed by atoms with Crippen molar-refractivity contribution in [2.45, 2.75) is 13.0 Å². The summed E-state index contributed by atoms with van der Waals surface area (Å²) in [7, 11) is 0. The van der Waals surface area contributed by atoms with Crippen molar-refractivity contribution in [3.8, 4) is 11.5 Å². The van der Waals surface area contributed by atoms with E-state index in [9.17, 15) is 4.39 Å². The Labute approximate surface area is 131 Å². The first kappa shape index (κ1) is 14.2. The van der Waals surface area contributed by atoms with E-state index in [-0.39, 0.29) is 11.9 Å². The lowest BCUT2D eigenvalue weighted by molar-refractivity contribution is 0.171. The van der Waals surface area contributed by atoms with Crippen LogP contribution in [0.25, 0.3) is 0 Å². The van der Waals surface area contributed by atoms with Crippen LogP contribution in [-0.2, 0) is 0 Å². The first-order chi connectivity index (χ1) is 10.1. The molecule has 1 N–H and O–H groups in total. The van der Waals surface area contributed by atoms with Crippen molar-refractivity contribution in [2.24, 2.45) is 0 Å². The number of nitrogens with one attached hydrogen (secondary N) is 1. The van der Waals surface area contributed by atoms with Gasteiger partial charge in [-0.3, -0.25) is 0 Å². The fraction of sp³-hybridized carbons (Fsp3) is 0.250. The van der Waals surface area contributed by atoms with Gasteiger partial charge in [-0.1, -0.05) is 12.1 Å². The Hall–Kier alpha value is -1.75. The molecule has 3 rings (SSSR count). The molecular formula is C16H15BrFNO2. The molecular weight excluding hydrogens is 337 g/mol. The van der Waals surface area contributed by atoms with E-state index in [4.69, 9.17) is 9.47 Å². The van der Waals surface area contributed by atoms with Gasteiger partial charge in [0.15, 0.2) is 11.5 Å². The maximum absolute atomic E-state index is 13.0. The van der Waals surface area contributed by atoms with Crippen LogP contribution in [0.3, 0.4) is 0 Å². The van der Waals surface area contributed by atoms with E-state index in [1.54, 1.807) is 12.1 Å². The quantitative estimate of drug-likeness (QED) is 0.880. The number of anilines is 1. The zero-order chi connectivity index (χ0) is 14.8. The van der Waals surface area contributed by atoms with E-state index in [1.165, 1.54) is 12.1 Å². The van der Waals surface area contributed by atoms with Crippen LogP contribution in [0, 0.1) is 5.82 Å². The molecule has 0 radical (unpaired) electrons. The minimum atomic E-state index is -0.230. The summed E-state index contributed by atoms with van der Waals surface area (Å²) in [5.74, 6) is 1.25. The lowest BCUT2D eigenvalue weighted by atomic mass is 10.1. The molecule has 0 aromatic heterocycles. The number of rotatable bonds is 3. The maximum atomic E-state index is 13.0. The van der Waals surface area contributed by atoms with Crippen LogP contribution in [-0.4, -0.2) is 13.2 Å². The molecule has 0 saturated carbocycles. The van der Waals surface area contributed by atoms with Gasteiger partial charge in [-0.15, -0.1) is 0 Å². The standard InChI is InChI=1S/C16H15BrFNO2/c1-10(11-2-4-12(18)5-3-11)19-14-9-16-15(8-13(14)17)20-6-7-21-16/h2-5,8-10,19H,6-7H2,1H3. The van der Waals surface area contributed by atoms with Gasteiger partial charge in [0.1, 0.15) is 19.0 Å². The van der Waals surface area contributed by atoms with E-state index in [0.717, 1.165) is 27.2 Å². The van der Waals surface area contributed by atoms with Crippen molar-refractivity contribution in [3.63, 3.8) is 0 Å². The Morgan fingerprint density at radius 2 is 1.71 bits per heavy atom. The van der Waals surface area contributed by atoms with Gasteiger partial charge in [0, 0.05) is 22.6 Å². The molecule has 110 valence electrons. The Kier molecular flexibility index (Phi) is 4.01. The highest BCUT2D eigenvalue weighted by Crippen LogP contribution is 2.39.